The highest BCUT2D eigenvalue weighted by Gasteiger charge is 2.30. The van der Waals surface area contributed by atoms with Crippen LogP contribution in [0.1, 0.15) is 40.5 Å². The van der Waals surface area contributed by atoms with E-state index in [1.165, 1.54) is 21.9 Å². The third kappa shape index (κ3) is 5.60. The molecule has 3 aliphatic rings. The van der Waals surface area contributed by atoms with Crippen LogP contribution in [-0.4, -0.2) is 60.6 Å². The molecule has 33 heavy (non-hydrogen) atoms. The number of nitrogens with zero attached hydrogens (tertiary/aromatic N) is 3. The number of likely N-dealkylation sites (N-methyl/N-ethyl adjacent to an activating group) is 1. The Morgan fingerprint density at radius 1 is 1.15 bits per heavy atom. The zero-order chi connectivity index (χ0) is 23.4. The molecule has 178 valence electrons. The second kappa shape index (κ2) is 10.3. The fraction of sp³-hybridized carbons (Fsp3) is 0.519. The Bertz CT molecular complexity index is 944. The molecule has 0 spiro atoms. The monoisotopic (exact) mass is 467 g/mol. The van der Waals surface area contributed by atoms with E-state index in [0.29, 0.717) is 12.0 Å². The van der Waals surface area contributed by atoms with E-state index in [1.54, 1.807) is 0 Å². The fourth-order valence-electron chi connectivity index (χ4n) is 5.02. The lowest BCUT2D eigenvalue weighted by molar-refractivity contribution is 0.0843. The first kappa shape index (κ1) is 23.8. The third-order valence-electron chi connectivity index (χ3n) is 6.56. The van der Waals surface area contributed by atoms with E-state index in [-0.39, 0.29) is 11.5 Å². The maximum absolute atomic E-state index is 12.0. The van der Waals surface area contributed by atoms with Gasteiger partial charge < -0.3 is 19.4 Å². The van der Waals surface area contributed by atoms with Gasteiger partial charge in [0.25, 0.3) is 0 Å². The molecule has 2 aliphatic heterocycles. The van der Waals surface area contributed by atoms with E-state index in [0.717, 1.165) is 45.6 Å². The lowest BCUT2D eigenvalue weighted by Gasteiger charge is -2.41. The third-order valence-corrected chi connectivity index (χ3v) is 7.81. The average Bonchev–Trinajstić information content (AvgIpc) is 3.15. The van der Waals surface area contributed by atoms with Crippen molar-refractivity contribution in [1.29, 1.82) is 0 Å². The molecule has 0 bridgehead atoms. The van der Waals surface area contributed by atoms with E-state index < -0.39 is 0 Å². The maximum Gasteiger partial charge on any atom is 0.409 e. The van der Waals surface area contributed by atoms with Gasteiger partial charge in [0, 0.05) is 43.3 Å². The summed E-state index contributed by atoms with van der Waals surface area (Å²) in [6, 6.07) is 8.68. The number of amides is 1. The molecular weight excluding hydrogens is 430 g/mol. The summed E-state index contributed by atoms with van der Waals surface area (Å²) in [7, 11) is 0. The Morgan fingerprint density at radius 2 is 1.91 bits per heavy atom. The summed E-state index contributed by atoms with van der Waals surface area (Å²) in [6.07, 6.45) is 11.2. The second-order valence-corrected chi connectivity index (χ2v) is 10.9. The number of piperazine rings is 1. The van der Waals surface area contributed by atoms with Crippen LogP contribution in [0.15, 0.2) is 64.7 Å². The van der Waals surface area contributed by atoms with Gasteiger partial charge in [-0.3, -0.25) is 0 Å². The van der Waals surface area contributed by atoms with Gasteiger partial charge in [-0.2, -0.15) is 0 Å². The first-order valence-corrected chi connectivity index (χ1v) is 13.0. The van der Waals surface area contributed by atoms with E-state index in [9.17, 15) is 4.79 Å². The normalized spacial score (nSPS) is 23.8. The van der Waals surface area contributed by atoms with Crippen LogP contribution >= 0.6 is 11.8 Å². The number of para-hydroxylation sites is 1. The van der Waals surface area contributed by atoms with Gasteiger partial charge in [-0.25, -0.2) is 4.79 Å². The molecule has 1 aromatic rings. The lowest BCUT2D eigenvalue weighted by atomic mass is 9.76. The van der Waals surface area contributed by atoms with Crippen LogP contribution in [0.25, 0.3) is 0 Å². The Morgan fingerprint density at radius 3 is 2.64 bits per heavy atom. The first-order valence-electron chi connectivity index (χ1n) is 12.2. The number of rotatable bonds is 5. The quantitative estimate of drug-likeness (QED) is 0.538. The van der Waals surface area contributed by atoms with Crippen molar-refractivity contribution in [2.24, 2.45) is 5.41 Å². The number of hydrogen-bond donors (Lipinski definition) is 0. The highest BCUT2D eigenvalue weighted by molar-refractivity contribution is 8.00. The molecule has 5 nitrogen and oxygen atoms in total. The number of thioether (sulfide) groups is 1. The molecule has 1 atom stereocenters. The van der Waals surface area contributed by atoms with Crippen LogP contribution in [0.2, 0.25) is 0 Å². The molecule has 6 heteroatoms. The van der Waals surface area contributed by atoms with Crippen molar-refractivity contribution in [3.8, 4) is 0 Å². The van der Waals surface area contributed by atoms with Crippen molar-refractivity contribution in [2.45, 2.75) is 50.8 Å². The van der Waals surface area contributed by atoms with E-state index in [2.05, 4.69) is 79.1 Å². The minimum absolute atomic E-state index is 0.186. The van der Waals surface area contributed by atoms with Crippen LogP contribution in [-0.2, 0) is 4.74 Å². The predicted molar refractivity (Wildman–Crippen MR) is 138 cm³/mol. The molecule has 0 N–H and O–H groups in total. The minimum Gasteiger partial charge on any atom is -0.450 e. The molecule has 1 saturated heterocycles. The van der Waals surface area contributed by atoms with E-state index in [1.807, 2.05) is 23.6 Å². The molecule has 0 saturated carbocycles. The number of anilines is 1. The van der Waals surface area contributed by atoms with Crippen LogP contribution in [0.3, 0.4) is 0 Å². The number of fused-ring (bicyclic) bond motifs is 1. The molecule has 4 rings (SSSR count). The van der Waals surface area contributed by atoms with Gasteiger partial charge in [-0.15, -0.1) is 0 Å². The van der Waals surface area contributed by atoms with Crippen molar-refractivity contribution in [3.05, 3.63) is 59.8 Å². The van der Waals surface area contributed by atoms with Crippen LogP contribution in [0.4, 0.5) is 10.5 Å². The Labute approximate surface area is 203 Å². The number of benzene rings is 1. The molecular formula is C27H37N3O2S. The van der Waals surface area contributed by atoms with E-state index in [4.69, 9.17) is 4.74 Å². The molecule has 1 fully saturated rings. The second-order valence-electron chi connectivity index (χ2n) is 9.72. The molecule has 1 aromatic carbocycles. The maximum atomic E-state index is 12.0. The number of carbonyl (C=O) groups is 1. The SMILES string of the molecule is CCOC(=O)N1CCN(C2=CC(=CC=CC3Sc4ccccc4N3CC)CC(C)(C)C2)CC1. The van der Waals surface area contributed by atoms with Crippen molar-refractivity contribution in [2.75, 3.05) is 44.2 Å². The van der Waals surface area contributed by atoms with Gasteiger partial charge in [-0.1, -0.05) is 56.0 Å². The molecule has 1 amide bonds. The topological polar surface area (TPSA) is 36.0 Å². The highest BCUT2D eigenvalue weighted by atomic mass is 32.2. The molecule has 0 radical (unpaired) electrons. The molecule has 0 aromatic heterocycles. The zero-order valence-electron chi connectivity index (χ0n) is 20.4. The highest BCUT2D eigenvalue weighted by Crippen LogP contribution is 2.43. The van der Waals surface area contributed by atoms with Gasteiger partial charge in [0.15, 0.2) is 0 Å². The number of carbonyl (C=O) groups excluding carboxylic acids is 1. The lowest BCUT2D eigenvalue weighted by Crippen LogP contribution is -2.49. The van der Waals surface area contributed by atoms with Crippen LogP contribution < -0.4 is 4.90 Å². The van der Waals surface area contributed by atoms with Crippen molar-refractivity contribution >= 4 is 23.5 Å². The summed E-state index contributed by atoms with van der Waals surface area (Å²) < 4.78 is 5.17. The average molecular weight is 468 g/mol. The summed E-state index contributed by atoms with van der Waals surface area (Å²) in [5.74, 6) is 0. The number of ether oxygens (including phenoxy) is 1. The summed E-state index contributed by atoms with van der Waals surface area (Å²) in [5.41, 5.74) is 4.35. The van der Waals surface area contributed by atoms with Gasteiger partial charge in [0.05, 0.1) is 17.7 Å². The van der Waals surface area contributed by atoms with Gasteiger partial charge in [0.1, 0.15) is 0 Å². The molecule has 2 heterocycles. The first-order chi connectivity index (χ1) is 15.9. The smallest absolute Gasteiger partial charge is 0.409 e. The number of allylic oxidation sites excluding steroid dienone is 5. The molecule has 1 aliphatic carbocycles. The largest absolute Gasteiger partial charge is 0.450 e. The standard InChI is InChI=1S/C27H37N3O2S/c1-5-30-23-11-7-8-12-24(23)33-25(30)13-9-10-21-18-22(20-27(3,4)19-21)28-14-16-29(17-15-28)26(31)32-6-2/h7-13,18,25H,5-6,14-17,19-20H2,1-4H3. The minimum atomic E-state index is -0.186. The van der Waals surface area contributed by atoms with E-state index >= 15 is 0 Å². The van der Waals surface area contributed by atoms with Crippen molar-refractivity contribution in [3.63, 3.8) is 0 Å². The van der Waals surface area contributed by atoms with Crippen LogP contribution in [0.5, 0.6) is 0 Å². The summed E-state index contributed by atoms with van der Waals surface area (Å²) in [5, 5.41) is 0.347. The molecule has 1 unspecified atom stereocenters. The predicted octanol–water partition coefficient (Wildman–Crippen LogP) is 5.91. The van der Waals surface area contributed by atoms with Crippen LogP contribution in [0, 0.1) is 5.41 Å². The Hall–Kier alpha value is -2.34. The van der Waals surface area contributed by atoms with Gasteiger partial charge in [-0.05, 0) is 55.9 Å². The van der Waals surface area contributed by atoms with Crippen molar-refractivity contribution < 1.29 is 9.53 Å². The summed E-state index contributed by atoms with van der Waals surface area (Å²) in [4.78, 5) is 20.1. The fourth-order valence-corrected chi connectivity index (χ4v) is 6.30. The Balaban J connectivity index is 1.43. The number of hydrogen-bond acceptors (Lipinski definition) is 5. The summed E-state index contributed by atoms with van der Waals surface area (Å²) >= 11 is 1.93. The summed E-state index contributed by atoms with van der Waals surface area (Å²) in [6.45, 7) is 13.4. The zero-order valence-corrected chi connectivity index (χ0v) is 21.2. The van der Waals surface area contributed by atoms with Gasteiger partial charge in [0.2, 0.25) is 0 Å². The Kier molecular flexibility index (Phi) is 7.42. The van der Waals surface area contributed by atoms with Gasteiger partial charge >= 0.3 is 6.09 Å². The van der Waals surface area contributed by atoms with Crippen molar-refractivity contribution in [1.82, 2.24) is 9.80 Å².